The Bertz CT molecular complexity index is 558. The zero-order valence-corrected chi connectivity index (χ0v) is 15.6. The van der Waals surface area contributed by atoms with Crippen LogP contribution in [0.15, 0.2) is 22.7 Å². The summed E-state index contributed by atoms with van der Waals surface area (Å²) >= 11 is 3.05. The maximum atomic E-state index is 12.9. The first kappa shape index (κ1) is 23.4. The molecule has 11 heteroatoms. The molecule has 1 N–H and O–H groups in total. The van der Waals surface area contributed by atoms with E-state index in [0.29, 0.717) is 31.7 Å². The number of nitrogens with zero attached hydrogens (tertiary/aromatic N) is 2. The van der Waals surface area contributed by atoms with E-state index in [1.54, 1.807) is 4.90 Å². The van der Waals surface area contributed by atoms with Crippen molar-refractivity contribution in [1.29, 1.82) is 0 Å². The number of rotatable bonds is 4. The highest BCUT2D eigenvalue weighted by atomic mass is 79.9. The van der Waals surface area contributed by atoms with Gasteiger partial charge < -0.3 is 5.32 Å². The van der Waals surface area contributed by atoms with Crippen molar-refractivity contribution >= 4 is 46.4 Å². The first-order valence-corrected chi connectivity index (χ1v) is 7.52. The highest BCUT2D eigenvalue weighted by Gasteiger charge is 2.36. The lowest BCUT2D eigenvalue weighted by atomic mass is 10.00. The molecule has 5 nitrogen and oxygen atoms in total. The van der Waals surface area contributed by atoms with Crippen LogP contribution in [-0.2, 0) is 0 Å². The fourth-order valence-corrected chi connectivity index (χ4v) is 2.94. The third-order valence-electron chi connectivity index (χ3n) is 3.57. The number of halogens is 6. The van der Waals surface area contributed by atoms with Crippen LogP contribution in [0.1, 0.15) is 18.0 Å². The third-order valence-corrected chi connectivity index (χ3v) is 4.24. The number of nitro groups is 1. The average Bonchev–Trinajstić information content (AvgIpc) is 2.45. The molecular weight excluding hydrogens is 438 g/mol. The maximum Gasteiger partial charge on any atom is 0.390 e. The summed E-state index contributed by atoms with van der Waals surface area (Å²) in [5, 5.41) is 14.1. The van der Waals surface area contributed by atoms with E-state index in [1.807, 2.05) is 0 Å². The second-order valence-corrected chi connectivity index (χ2v) is 5.94. The monoisotopic (exact) mass is 453 g/mol. The molecule has 0 radical (unpaired) electrons. The van der Waals surface area contributed by atoms with Gasteiger partial charge in [0.05, 0.1) is 15.8 Å². The van der Waals surface area contributed by atoms with Crippen LogP contribution in [0.4, 0.5) is 18.9 Å². The fraction of sp³-hybridized carbons (Fsp3) is 0.538. The van der Waals surface area contributed by atoms with E-state index in [-0.39, 0.29) is 35.0 Å². The van der Waals surface area contributed by atoms with Gasteiger partial charge in [0.25, 0.3) is 5.69 Å². The molecule has 1 fully saturated rings. The van der Waals surface area contributed by atoms with Crippen molar-refractivity contribution in [2.45, 2.75) is 18.6 Å². The molecule has 2 rings (SSSR count). The van der Waals surface area contributed by atoms with E-state index < -0.39 is 23.6 Å². The summed E-state index contributed by atoms with van der Waals surface area (Å²) in [7, 11) is 0. The molecule has 0 unspecified atom stereocenters. The number of hydrogen-bond donors (Lipinski definition) is 1. The van der Waals surface area contributed by atoms with Gasteiger partial charge in [0.2, 0.25) is 0 Å². The van der Waals surface area contributed by atoms with Crippen LogP contribution < -0.4 is 5.32 Å². The lowest BCUT2D eigenvalue weighted by molar-refractivity contribution is -0.385. The van der Waals surface area contributed by atoms with Crippen LogP contribution in [0.2, 0.25) is 0 Å². The number of nitro benzene ring substituents is 1. The fourth-order valence-electron chi connectivity index (χ4n) is 2.55. The van der Waals surface area contributed by atoms with Crippen molar-refractivity contribution in [3.8, 4) is 0 Å². The Labute approximate surface area is 158 Å². The maximum absolute atomic E-state index is 12.9. The van der Waals surface area contributed by atoms with Gasteiger partial charge in [-0.05, 0) is 27.6 Å². The van der Waals surface area contributed by atoms with Gasteiger partial charge in [-0.3, -0.25) is 15.0 Å². The topological polar surface area (TPSA) is 58.4 Å². The van der Waals surface area contributed by atoms with E-state index in [2.05, 4.69) is 21.2 Å². The summed E-state index contributed by atoms with van der Waals surface area (Å²) in [5.74, 6) is 0. The number of hydrogen-bond acceptors (Lipinski definition) is 4. The van der Waals surface area contributed by atoms with Crippen molar-refractivity contribution in [2.24, 2.45) is 0 Å². The predicted octanol–water partition coefficient (Wildman–Crippen LogP) is 4.10. The quantitative estimate of drug-likeness (QED) is 0.549. The summed E-state index contributed by atoms with van der Waals surface area (Å²) in [6.07, 6.45) is -5.36. The Morgan fingerprint density at radius 1 is 1.29 bits per heavy atom. The summed E-state index contributed by atoms with van der Waals surface area (Å²) < 4.78 is 39.0. The van der Waals surface area contributed by atoms with Crippen LogP contribution in [0.25, 0.3) is 0 Å². The van der Waals surface area contributed by atoms with Gasteiger partial charge >= 0.3 is 6.18 Å². The van der Waals surface area contributed by atoms with Gasteiger partial charge in [0, 0.05) is 38.3 Å². The molecule has 1 atom stereocenters. The summed E-state index contributed by atoms with van der Waals surface area (Å²) in [6, 6.07) is 3.26. The largest absolute Gasteiger partial charge is 0.390 e. The van der Waals surface area contributed by atoms with Crippen LogP contribution in [0, 0.1) is 10.1 Å². The van der Waals surface area contributed by atoms with E-state index in [0.717, 1.165) is 0 Å². The molecule has 1 aliphatic heterocycles. The number of nitrogens with one attached hydrogen (secondary N) is 1. The van der Waals surface area contributed by atoms with E-state index in [1.165, 1.54) is 18.2 Å². The summed E-state index contributed by atoms with van der Waals surface area (Å²) in [6.45, 7) is 2.16. The lowest BCUT2D eigenvalue weighted by Gasteiger charge is -2.35. The molecular formula is C13H17BrCl2F3N3O2. The SMILES string of the molecule is Cl.Cl.O=[N+]([O-])c1cc([C@H](CC(F)(F)F)N2CCNCC2)ccc1Br. The Balaban J connectivity index is 0.00000264. The molecule has 0 bridgehead atoms. The zero-order valence-electron chi connectivity index (χ0n) is 12.4. The molecule has 0 amide bonds. The molecule has 138 valence electrons. The first-order valence-electron chi connectivity index (χ1n) is 6.73. The first-order chi connectivity index (χ1) is 10.3. The van der Waals surface area contributed by atoms with Crippen LogP contribution in [0.5, 0.6) is 0 Å². The minimum Gasteiger partial charge on any atom is -0.314 e. The van der Waals surface area contributed by atoms with Crippen LogP contribution in [0.3, 0.4) is 0 Å². The molecule has 0 aromatic heterocycles. The third kappa shape index (κ3) is 6.36. The smallest absolute Gasteiger partial charge is 0.314 e. The minimum absolute atomic E-state index is 0. The Hall–Kier alpha value is -0.610. The molecule has 1 aliphatic rings. The van der Waals surface area contributed by atoms with E-state index >= 15 is 0 Å². The van der Waals surface area contributed by atoms with Crippen molar-refractivity contribution in [3.63, 3.8) is 0 Å². The molecule has 1 aromatic rings. The Kier molecular flexibility index (Phi) is 9.52. The van der Waals surface area contributed by atoms with Gasteiger partial charge in [-0.25, -0.2) is 0 Å². The van der Waals surface area contributed by atoms with E-state index in [9.17, 15) is 23.3 Å². The van der Waals surface area contributed by atoms with Gasteiger partial charge in [-0.2, -0.15) is 13.2 Å². The number of alkyl halides is 3. The highest BCUT2D eigenvalue weighted by molar-refractivity contribution is 9.10. The molecule has 1 aromatic carbocycles. The summed E-state index contributed by atoms with van der Waals surface area (Å²) in [5.41, 5.74) is 0.0916. The van der Waals surface area contributed by atoms with Gasteiger partial charge in [-0.15, -0.1) is 24.8 Å². The molecule has 1 saturated heterocycles. The summed E-state index contributed by atoms with van der Waals surface area (Å²) in [4.78, 5) is 12.1. The van der Waals surface area contributed by atoms with Crippen LogP contribution >= 0.6 is 40.7 Å². The lowest BCUT2D eigenvalue weighted by Crippen LogP contribution is -2.46. The van der Waals surface area contributed by atoms with Crippen molar-refractivity contribution in [2.75, 3.05) is 26.2 Å². The van der Waals surface area contributed by atoms with Crippen molar-refractivity contribution < 1.29 is 18.1 Å². The normalized spacial score (nSPS) is 16.7. The van der Waals surface area contributed by atoms with Gasteiger partial charge in [0.1, 0.15) is 0 Å². The number of piperazine rings is 1. The second kappa shape index (κ2) is 9.76. The highest BCUT2D eigenvalue weighted by Crippen LogP contribution is 2.36. The molecule has 24 heavy (non-hydrogen) atoms. The Morgan fingerprint density at radius 3 is 2.38 bits per heavy atom. The molecule has 0 aliphatic carbocycles. The van der Waals surface area contributed by atoms with Gasteiger partial charge in [-0.1, -0.05) is 6.07 Å². The van der Waals surface area contributed by atoms with Gasteiger partial charge in [0.15, 0.2) is 0 Å². The van der Waals surface area contributed by atoms with Crippen LogP contribution in [-0.4, -0.2) is 42.2 Å². The molecule has 0 saturated carbocycles. The van der Waals surface area contributed by atoms with Crippen molar-refractivity contribution in [1.82, 2.24) is 10.2 Å². The number of benzene rings is 1. The molecule has 0 spiro atoms. The standard InChI is InChI=1S/C13H15BrF3N3O2.2ClH/c14-10-2-1-9(7-11(10)20(21)22)12(8-13(15,16)17)19-5-3-18-4-6-19;;/h1-2,7,12,18H,3-6,8H2;2*1H/t12-;;/m0../s1. The predicted molar refractivity (Wildman–Crippen MR) is 93.1 cm³/mol. The van der Waals surface area contributed by atoms with E-state index in [4.69, 9.17) is 0 Å². The molecule has 1 heterocycles. The minimum atomic E-state index is -4.34. The average molecular weight is 455 g/mol. The zero-order chi connectivity index (χ0) is 16.3. The Morgan fingerprint density at radius 2 is 1.88 bits per heavy atom. The second-order valence-electron chi connectivity index (χ2n) is 5.09. The van der Waals surface area contributed by atoms with Crippen molar-refractivity contribution in [3.05, 3.63) is 38.3 Å².